The zero-order valence-electron chi connectivity index (χ0n) is 15.5. The average Bonchev–Trinajstić information content (AvgIpc) is 2.59. The van der Waals surface area contributed by atoms with Gasteiger partial charge in [0.25, 0.3) is 5.56 Å². The van der Waals surface area contributed by atoms with E-state index < -0.39 is 5.41 Å². The van der Waals surface area contributed by atoms with E-state index in [4.69, 9.17) is 0 Å². The molecule has 26 heavy (non-hydrogen) atoms. The van der Waals surface area contributed by atoms with Crippen molar-refractivity contribution in [2.45, 2.75) is 40.7 Å². The van der Waals surface area contributed by atoms with Crippen molar-refractivity contribution in [2.75, 3.05) is 12.0 Å². The molecular weight excluding hydrogens is 334 g/mol. The van der Waals surface area contributed by atoms with Crippen LogP contribution in [0.3, 0.4) is 0 Å². The lowest BCUT2D eigenvalue weighted by Crippen LogP contribution is -2.39. The van der Waals surface area contributed by atoms with Gasteiger partial charge in [-0.15, -0.1) is 0 Å². The van der Waals surface area contributed by atoms with Crippen LogP contribution in [0.25, 0.3) is 10.9 Å². The van der Waals surface area contributed by atoms with E-state index in [1.165, 1.54) is 4.57 Å². The molecule has 3 N–H and O–H groups in total. The molecule has 1 aromatic carbocycles. The number of anilines is 1. The second kappa shape index (κ2) is 7.99. The van der Waals surface area contributed by atoms with Crippen LogP contribution in [0.4, 0.5) is 5.95 Å². The Labute approximate surface area is 152 Å². The fraction of sp³-hybridized carbons (Fsp3) is 0.444. The Morgan fingerprint density at radius 1 is 1.19 bits per heavy atom. The summed E-state index contributed by atoms with van der Waals surface area (Å²) in [5.74, 6) is -0.165. The van der Waals surface area contributed by atoms with E-state index >= 15 is 0 Å². The van der Waals surface area contributed by atoms with Crippen molar-refractivity contribution >= 4 is 28.7 Å². The number of para-hydroxylation sites is 1. The monoisotopic (exact) mass is 359 g/mol. The van der Waals surface area contributed by atoms with Gasteiger partial charge in [-0.25, -0.2) is 4.98 Å². The molecule has 0 saturated heterocycles. The topological polar surface area (TPSA) is 105 Å². The molecule has 0 fully saturated rings. The Morgan fingerprint density at radius 3 is 2.54 bits per heavy atom. The van der Waals surface area contributed by atoms with Gasteiger partial charge in [0.2, 0.25) is 17.8 Å². The number of carbonyl (C=O) groups is 2. The van der Waals surface area contributed by atoms with Crippen molar-refractivity contribution in [3.8, 4) is 0 Å². The van der Waals surface area contributed by atoms with Crippen LogP contribution in [0.2, 0.25) is 0 Å². The van der Waals surface area contributed by atoms with Crippen LogP contribution >= 0.6 is 0 Å². The summed E-state index contributed by atoms with van der Waals surface area (Å²) >= 11 is 0. The Morgan fingerprint density at radius 2 is 1.88 bits per heavy atom. The normalized spacial score (nSPS) is 11.2. The van der Waals surface area contributed by atoms with Crippen LogP contribution in [0.1, 0.15) is 34.1 Å². The summed E-state index contributed by atoms with van der Waals surface area (Å²) < 4.78 is 1.45. The second-order valence-electron chi connectivity index (χ2n) is 6.93. The fourth-order valence-electron chi connectivity index (χ4n) is 2.30. The highest BCUT2D eigenvalue weighted by Gasteiger charge is 2.20. The quantitative estimate of drug-likeness (QED) is 0.677. The molecular formula is C18H25N5O3. The number of amides is 2. The number of aromatic nitrogens is 2. The molecule has 2 aromatic rings. The number of hydrogen-bond donors (Lipinski definition) is 3. The van der Waals surface area contributed by atoms with Gasteiger partial charge in [0.1, 0.15) is 0 Å². The van der Waals surface area contributed by atoms with Gasteiger partial charge in [-0.3, -0.25) is 29.8 Å². The molecule has 0 atom stereocenters. The zero-order chi connectivity index (χ0) is 19.3. The number of hydrogen-bond acceptors (Lipinski definition) is 5. The van der Waals surface area contributed by atoms with Gasteiger partial charge in [0, 0.05) is 24.9 Å². The molecule has 0 aliphatic carbocycles. The second-order valence-corrected chi connectivity index (χ2v) is 6.93. The molecule has 8 heteroatoms. The molecule has 1 aromatic heterocycles. The molecule has 0 aliphatic rings. The molecule has 2 amide bonds. The van der Waals surface area contributed by atoms with Gasteiger partial charge in [0.05, 0.1) is 10.9 Å². The molecule has 2 rings (SSSR count). The fourth-order valence-corrected chi connectivity index (χ4v) is 2.30. The summed E-state index contributed by atoms with van der Waals surface area (Å²) in [7, 11) is 0. The Bertz CT molecular complexity index is 867. The third-order valence-corrected chi connectivity index (χ3v) is 3.81. The van der Waals surface area contributed by atoms with E-state index in [1.54, 1.807) is 45.0 Å². The van der Waals surface area contributed by atoms with Gasteiger partial charge in [-0.2, -0.15) is 0 Å². The smallest absolute Gasteiger partial charge is 0.262 e. The van der Waals surface area contributed by atoms with Crippen LogP contribution in [-0.4, -0.2) is 27.9 Å². The van der Waals surface area contributed by atoms with Crippen LogP contribution in [0.5, 0.6) is 0 Å². The standard InChI is InChI=1S/C18H25N5O3/c1-5-23-15(25)12-8-6-7-9-13(12)20-17(23)22-21-14(24)10-11-19-16(26)18(2,3)4/h6-9H,5,10-11H2,1-4H3,(H,19,26)(H,20,22)(H,21,24). The molecule has 0 aliphatic heterocycles. The molecule has 0 radical (unpaired) electrons. The van der Waals surface area contributed by atoms with E-state index in [0.29, 0.717) is 17.4 Å². The summed E-state index contributed by atoms with van der Waals surface area (Å²) in [5, 5.41) is 3.23. The summed E-state index contributed by atoms with van der Waals surface area (Å²) in [6.07, 6.45) is 0.110. The molecule has 1 heterocycles. The lowest BCUT2D eigenvalue weighted by Gasteiger charge is -2.17. The summed E-state index contributed by atoms with van der Waals surface area (Å²) in [6, 6.07) is 7.04. The highest BCUT2D eigenvalue weighted by atomic mass is 16.2. The van der Waals surface area contributed by atoms with Crippen LogP contribution in [0, 0.1) is 5.41 Å². The molecule has 140 valence electrons. The first kappa shape index (κ1) is 19.4. The van der Waals surface area contributed by atoms with E-state index in [2.05, 4.69) is 21.2 Å². The van der Waals surface area contributed by atoms with E-state index in [-0.39, 0.29) is 36.3 Å². The minimum atomic E-state index is -0.499. The summed E-state index contributed by atoms with van der Waals surface area (Å²) in [4.78, 5) is 40.6. The number of rotatable bonds is 6. The van der Waals surface area contributed by atoms with Gasteiger partial charge in [0.15, 0.2) is 0 Å². The maximum Gasteiger partial charge on any atom is 0.262 e. The van der Waals surface area contributed by atoms with E-state index in [0.717, 1.165) is 0 Å². The van der Waals surface area contributed by atoms with Crippen molar-refractivity contribution in [3.63, 3.8) is 0 Å². The van der Waals surface area contributed by atoms with E-state index in [1.807, 2.05) is 6.92 Å². The minimum Gasteiger partial charge on any atom is -0.355 e. The van der Waals surface area contributed by atoms with Crippen LogP contribution < -0.4 is 21.7 Å². The number of carbonyl (C=O) groups excluding carboxylic acids is 2. The predicted octanol–water partition coefficient (Wildman–Crippen LogP) is 1.41. The zero-order valence-corrected chi connectivity index (χ0v) is 15.5. The van der Waals surface area contributed by atoms with Gasteiger partial charge in [-0.05, 0) is 19.1 Å². The molecule has 8 nitrogen and oxygen atoms in total. The lowest BCUT2D eigenvalue weighted by molar-refractivity contribution is -0.128. The van der Waals surface area contributed by atoms with Crippen molar-refractivity contribution in [1.82, 2.24) is 20.3 Å². The largest absolute Gasteiger partial charge is 0.355 e. The van der Waals surface area contributed by atoms with Crippen LogP contribution in [-0.2, 0) is 16.1 Å². The summed E-state index contributed by atoms with van der Waals surface area (Å²) in [5.41, 5.74) is 5.10. The van der Waals surface area contributed by atoms with Crippen molar-refractivity contribution in [1.29, 1.82) is 0 Å². The molecule has 0 bridgehead atoms. The minimum absolute atomic E-state index is 0.110. The van der Waals surface area contributed by atoms with Gasteiger partial charge in [-0.1, -0.05) is 32.9 Å². The first-order valence-electron chi connectivity index (χ1n) is 8.56. The third-order valence-electron chi connectivity index (χ3n) is 3.81. The molecule has 0 spiro atoms. The highest BCUT2D eigenvalue weighted by Crippen LogP contribution is 2.12. The molecule has 0 unspecified atom stereocenters. The van der Waals surface area contributed by atoms with Gasteiger partial charge < -0.3 is 5.32 Å². The number of benzene rings is 1. The third kappa shape index (κ3) is 4.59. The number of nitrogens with zero attached hydrogens (tertiary/aromatic N) is 2. The van der Waals surface area contributed by atoms with E-state index in [9.17, 15) is 14.4 Å². The van der Waals surface area contributed by atoms with Crippen molar-refractivity contribution in [2.24, 2.45) is 5.41 Å². The lowest BCUT2D eigenvalue weighted by atomic mass is 9.96. The maximum atomic E-state index is 12.5. The number of hydrazine groups is 1. The van der Waals surface area contributed by atoms with Gasteiger partial charge >= 0.3 is 0 Å². The first-order valence-corrected chi connectivity index (χ1v) is 8.56. The maximum absolute atomic E-state index is 12.5. The Balaban J connectivity index is 2.00. The Hall–Kier alpha value is -2.90. The summed E-state index contributed by atoms with van der Waals surface area (Å²) in [6.45, 7) is 7.89. The SMILES string of the molecule is CCn1c(NNC(=O)CCNC(=O)C(C)(C)C)nc2ccccc2c1=O. The van der Waals surface area contributed by atoms with Crippen molar-refractivity contribution in [3.05, 3.63) is 34.6 Å². The van der Waals surface area contributed by atoms with Crippen molar-refractivity contribution < 1.29 is 9.59 Å². The number of fused-ring (bicyclic) bond motifs is 1. The highest BCUT2D eigenvalue weighted by molar-refractivity contribution is 5.83. The molecule has 0 saturated carbocycles. The predicted molar refractivity (Wildman–Crippen MR) is 101 cm³/mol. The number of nitrogens with one attached hydrogen (secondary N) is 3. The van der Waals surface area contributed by atoms with Crippen LogP contribution in [0.15, 0.2) is 29.1 Å². The Kier molecular flexibility index (Phi) is 5.97. The average molecular weight is 359 g/mol. The first-order chi connectivity index (χ1) is 12.2.